The van der Waals surface area contributed by atoms with Crippen LogP contribution in [0, 0.1) is 11.3 Å². The highest BCUT2D eigenvalue weighted by Gasteiger charge is 2.30. The number of primary amides is 1. The Bertz CT molecular complexity index is 439. The second-order valence-electron chi connectivity index (χ2n) is 3.25. The molecular formula is C8H13N3O5S. The fourth-order valence-electron chi connectivity index (χ4n) is 1.04. The standard InChI is InChI=1S/C8H13N3O5S/c1-2-5(4-9)17(15,16)11-6(8(13)14)3-7(10)12/h5-6,11H,2-3H2,1H3,(H2,10,12)(H,13,14). The van der Waals surface area contributed by atoms with Gasteiger partial charge >= 0.3 is 5.97 Å². The molecule has 0 aliphatic heterocycles. The predicted octanol–water partition coefficient (Wildman–Crippen LogP) is -1.46. The summed E-state index contributed by atoms with van der Waals surface area (Å²) in [6.45, 7) is 1.47. The van der Waals surface area contributed by atoms with Gasteiger partial charge in [0.2, 0.25) is 15.9 Å². The van der Waals surface area contributed by atoms with Crippen molar-refractivity contribution in [1.82, 2.24) is 4.72 Å². The van der Waals surface area contributed by atoms with Crippen molar-refractivity contribution in [2.24, 2.45) is 5.73 Å². The molecule has 0 aromatic carbocycles. The number of amides is 1. The van der Waals surface area contributed by atoms with Crippen LogP contribution in [-0.4, -0.2) is 36.7 Å². The van der Waals surface area contributed by atoms with Crippen molar-refractivity contribution in [2.75, 3.05) is 0 Å². The van der Waals surface area contributed by atoms with Crippen molar-refractivity contribution in [2.45, 2.75) is 31.1 Å². The summed E-state index contributed by atoms with van der Waals surface area (Å²) in [5.74, 6) is -2.48. The summed E-state index contributed by atoms with van der Waals surface area (Å²) in [5, 5.41) is 15.9. The van der Waals surface area contributed by atoms with Gasteiger partial charge in [0.25, 0.3) is 0 Å². The molecule has 0 radical (unpaired) electrons. The van der Waals surface area contributed by atoms with Gasteiger partial charge in [0.1, 0.15) is 6.04 Å². The van der Waals surface area contributed by atoms with Crippen LogP contribution in [0.1, 0.15) is 19.8 Å². The first-order chi connectivity index (χ1) is 7.74. The largest absolute Gasteiger partial charge is 0.480 e. The lowest BCUT2D eigenvalue weighted by Gasteiger charge is -2.15. The van der Waals surface area contributed by atoms with Crippen LogP contribution in [0.2, 0.25) is 0 Å². The quantitative estimate of drug-likeness (QED) is 0.510. The van der Waals surface area contributed by atoms with Gasteiger partial charge in [0.05, 0.1) is 12.5 Å². The molecule has 4 N–H and O–H groups in total. The molecule has 2 unspecified atom stereocenters. The number of sulfonamides is 1. The minimum absolute atomic E-state index is 0.00867. The number of nitriles is 1. The van der Waals surface area contributed by atoms with E-state index in [1.54, 1.807) is 4.72 Å². The summed E-state index contributed by atoms with van der Waals surface area (Å²) in [7, 11) is -4.11. The number of carboxylic acids is 1. The van der Waals surface area contributed by atoms with E-state index in [4.69, 9.17) is 16.1 Å². The summed E-state index contributed by atoms with van der Waals surface area (Å²) >= 11 is 0. The highest BCUT2D eigenvalue weighted by Crippen LogP contribution is 2.05. The van der Waals surface area contributed by atoms with Crippen LogP contribution in [0.3, 0.4) is 0 Å². The number of carbonyl (C=O) groups is 2. The second kappa shape index (κ2) is 6.17. The molecule has 0 saturated carbocycles. The molecule has 0 fully saturated rings. The number of nitrogens with one attached hydrogen (secondary N) is 1. The highest BCUT2D eigenvalue weighted by molar-refractivity contribution is 7.90. The van der Waals surface area contributed by atoms with Crippen LogP contribution in [0.5, 0.6) is 0 Å². The van der Waals surface area contributed by atoms with Crippen molar-refractivity contribution < 1.29 is 23.1 Å². The maximum Gasteiger partial charge on any atom is 0.322 e. The van der Waals surface area contributed by atoms with Crippen LogP contribution < -0.4 is 10.5 Å². The van der Waals surface area contributed by atoms with Crippen molar-refractivity contribution in [3.63, 3.8) is 0 Å². The Hall–Kier alpha value is -1.66. The van der Waals surface area contributed by atoms with Crippen LogP contribution in [0.25, 0.3) is 0 Å². The van der Waals surface area contributed by atoms with Crippen molar-refractivity contribution in [3.05, 3.63) is 0 Å². The fourth-order valence-corrected chi connectivity index (χ4v) is 2.36. The van der Waals surface area contributed by atoms with Gasteiger partial charge in [0.15, 0.2) is 5.25 Å². The average Bonchev–Trinajstić information content (AvgIpc) is 2.16. The number of aliphatic carboxylic acids is 1. The summed E-state index contributed by atoms with van der Waals surface area (Å²) in [6.07, 6.45) is -0.662. The number of nitrogens with zero attached hydrogens (tertiary/aromatic N) is 1. The molecule has 0 aliphatic carbocycles. The van der Waals surface area contributed by atoms with E-state index in [9.17, 15) is 18.0 Å². The van der Waals surface area contributed by atoms with E-state index < -0.39 is 39.6 Å². The maximum absolute atomic E-state index is 11.5. The Morgan fingerprint density at radius 3 is 2.35 bits per heavy atom. The zero-order valence-electron chi connectivity index (χ0n) is 9.08. The van der Waals surface area contributed by atoms with Gasteiger partial charge < -0.3 is 10.8 Å². The molecule has 0 heterocycles. The lowest BCUT2D eigenvalue weighted by molar-refractivity contribution is -0.140. The first-order valence-electron chi connectivity index (χ1n) is 4.66. The number of carbonyl (C=O) groups excluding carboxylic acids is 1. The van der Waals surface area contributed by atoms with Crippen LogP contribution in [0.15, 0.2) is 0 Å². The van der Waals surface area contributed by atoms with Crippen LogP contribution in [0.4, 0.5) is 0 Å². The number of hydrogen-bond acceptors (Lipinski definition) is 5. The lowest BCUT2D eigenvalue weighted by Crippen LogP contribution is -2.46. The summed E-state index contributed by atoms with van der Waals surface area (Å²) < 4.78 is 24.9. The fraction of sp³-hybridized carbons (Fsp3) is 0.625. The third-order valence-corrected chi connectivity index (χ3v) is 3.70. The maximum atomic E-state index is 11.5. The SMILES string of the molecule is CCC(C#N)S(=O)(=O)NC(CC(N)=O)C(=O)O. The number of nitrogens with two attached hydrogens (primary N) is 1. The van der Waals surface area contributed by atoms with E-state index in [1.807, 2.05) is 0 Å². The zero-order chi connectivity index (χ0) is 13.6. The molecule has 8 nitrogen and oxygen atoms in total. The van der Waals surface area contributed by atoms with E-state index in [0.29, 0.717) is 0 Å². The van der Waals surface area contributed by atoms with Gasteiger partial charge in [-0.25, -0.2) is 8.42 Å². The molecule has 96 valence electrons. The monoisotopic (exact) mass is 263 g/mol. The molecule has 0 rings (SSSR count). The van der Waals surface area contributed by atoms with E-state index in [2.05, 4.69) is 0 Å². The minimum Gasteiger partial charge on any atom is -0.480 e. The Labute approximate surface area is 98.5 Å². The normalized spacial score (nSPS) is 14.6. The third-order valence-electron chi connectivity index (χ3n) is 1.90. The van der Waals surface area contributed by atoms with E-state index in [-0.39, 0.29) is 6.42 Å². The summed E-state index contributed by atoms with van der Waals surface area (Å²) in [6, 6.07) is -0.123. The molecule has 1 amide bonds. The molecule has 0 bridgehead atoms. The summed E-state index contributed by atoms with van der Waals surface area (Å²) in [5.41, 5.74) is 4.79. The Morgan fingerprint density at radius 2 is 2.06 bits per heavy atom. The molecule has 2 atom stereocenters. The molecule has 0 aromatic rings. The van der Waals surface area contributed by atoms with E-state index in [1.165, 1.54) is 13.0 Å². The molecule has 0 aliphatic rings. The highest BCUT2D eigenvalue weighted by atomic mass is 32.2. The molecule has 17 heavy (non-hydrogen) atoms. The van der Waals surface area contributed by atoms with Gasteiger partial charge in [-0.05, 0) is 6.42 Å². The molecule has 0 saturated heterocycles. The van der Waals surface area contributed by atoms with Crippen LogP contribution in [-0.2, 0) is 19.6 Å². The van der Waals surface area contributed by atoms with Gasteiger partial charge in [-0.15, -0.1) is 0 Å². The van der Waals surface area contributed by atoms with E-state index >= 15 is 0 Å². The molecule has 0 aromatic heterocycles. The topological polar surface area (TPSA) is 150 Å². The molecular weight excluding hydrogens is 250 g/mol. The Morgan fingerprint density at radius 1 is 1.53 bits per heavy atom. The number of rotatable bonds is 7. The third kappa shape index (κ3) is 4.80. The van der Waals surface area contributed by atoms with E-state index in [0.717, 1.165) is 0 Å². The lowest BCUT2D eigenvalue weighted by atomic mass is 10.2. The number of hydrogen-bond donors (Lipinski definition) is 3. The van der Waals surface area contributed by atoms with Gasteiger partial charge in [-0.1, -0.05) is 6.92 Å². The summed E-state index contributed by atoms with van der Waals surface area (Å²) in [4.78, 5) is 21.3. The Kier molecular flexibility index (Phi) is 5.57. The van der Waals surface area contributed by atoms with Gasteiger partial charge in [-0.2, -0.15) is 9.98 Å². The smallest absolute Gasteiger partial charge is 0.322 e. The predicted molar refractivity (Wildman–Crippen MR) is 57.0 cm³/mol. The van der Waals surface area contributed by atoms with Gasteiger partial charge in [-0.3, -0.25) is 9.59 Å². The van der Waals surface area contributed by atoms with Crippen molar-refractivity contribution in [3.8, 4) is 6.07 Å². The number of carboxylic acid groups (broad SMARTS) is 1. The first-order valence-corrected chi connectivity index (χ1v) is 6.21. The average molecular weight is 263 g/mol. The first kappa shape index (κ1) is 15.3. The zero-order valence-corrected chi connectivity index (χ0v) is 9.90. The van der Waals surface area contributed by atoms with Gasteiger partial charge in [0, 0.05) is 0 Å². The molecule has 0 spiro atoms. The van der Waals surface area contributed by atoms with Crippen molar-refractivity contribution in [1.29, 1.82) is 5.26 Å². The van der Waals surface area contributed by atoms with Crippen molar-refractivity contribution >= 4 is 21.9 Å². The second-order valence-corrected chi connectivity index (χ2v) is 5.14. The van der Waals surface area contributed by atoms with Crippen LogP contribution >= 0.6 is 0 Å². The molecule has 9 heteroatoms. The minimum atomic E-state index is -4.11. The Balaban J connectivity index is 4.94.